The Morgan fingerprint density at radius 3 is 2.30 bits per heavy atom. The molecule has 1 nitrogen and oxygen atoms in total. The summed E-state index contributed by atoms with van der Waals surface area (Å²) in [4.78, 5) is 0. The van der Waals surface area contributed by atoms with Crippen molar-refractivity contribution >= 4 is 39.1 Å². The van der Waals surface area contributed by atoms with E-state index in [1.54, 1.807) is 0 Å². The highest BCUT2D eigenvalue weighted by Gasteiger charge is 2.15. The van der Waals surface area contributed by atoms with E-state index in [2.05, 4.69) is 34.2 Å². The molecule has 0 aliphatic heterocycles. The maximum Gasteiger partial charge on any atom is 0.0577 e. The summed E-state index contributed by atoms with van der Waals surface area (Å²) in [7, 11) is 0. The van der Waals surface area contributed by atoms with E-state index in [-0.39, 0.29) is 6.04 Å². The van der Waals surface area contributed by atoms with Crippen molar-refractivity contribution in [2.45, 2.75) is 19.9 Å². The number of rotatable bonds is 4. The molecule has 0 aliphatic rings. The fraction of sp³-hybridized carbons (Fsp3) is 0.250. The standard InChI is InChI=1S/C16H16BrCl2N/c1-3-20-16(11-6-7-14(18)13(17)8-11)12-5-4-10(2)15(19)9-12/h4-9,16,20H,3H2,1-2H3. The van der Waals surface area contributed by atoms with Gasteiger partial charge in [-0.3, -0.25) is 0 Å². The fourth-order valence-corrected chi connectivity index (χ4v) is 2.82. The number of hydrogen-bond donors (Lipinski definition) is 1. The molecule has 1 unspecified atom stereocenters. The van der Waals surface area contributed by atoms with E-state index in [4.69, 9.17) is 23.2 Å². The zero-order valence-corrected chi connectivity index (χ0v) is 14.5. The van der Waals surface area contributed by atoms with Gasteiger partial charge in [0.2, 0.25) is 0 Å². The largest absolute Gasteiger partial charge is 0.307 e. The zero-order valence-electron chi connectivity index (χ0n) is 11.4. The van der Waals surface area contributed by atoms with Crippen LogP contribution in [0.3, 0.4) is 0 Å². The first-order valence-corrected chi connectivity index (χ1v) is 8.02. The summed E-state index contributed by atoms with van der Waals surface area (Å²) in [5, 5.41) is 4.99. The number of benzene rings is 2. The van der Waals surface area contributed by atoms with Crippen LogP contribution in [0.15, 0.2) is 40.9 Å². The predicted octanol–water partition coefficient (Wildman–Crippen LogP) is 5.76. The summed E-state index contributed by atoms with van der Waals surface area (Å²) < 4.78 is 0.901. The zero-order chi connectivity index (χ0) is 14.7. The van der Waals surface area contributed by atoms with Crippen molar-refractivity contribution in [3.63, 3.8) is 0 Å². The average Bonchev–Trinajstić information content (AvgIpc) is 2.43. The van der Waals surface area contributed by atoms with Crippen molar-refractivity contribution in [3.8, 4) is 0 Å². The molecule has 2 rings (SSSR count). The molecule has 0 aliphatic carbocycles. The summed E-state index contributed by atoms with van der Waals surface area (Å²) in [6.45, 7) is 4.97. The molecular weight excluding hydrogens is 357 g/mol. The summed E-state index contributed by atoms with van der Waals surface area (Å²) in [6, 6.07) is 12.3. The van der Waals surface area contributed by atoms with Crippen LogP contribution in [0.25, 0.3) is 0 Å². The van der Waals surface area contributed by atoms with Crippen molar-refractivity contribution in [3.05, 3.63) is 67.6 Å². The molecule has 1 N–H and O–H groups in total. The van der Waals surface area contributed by atoms with Crippen LogP contribution in [0, 0.1) is 6.92 Å². The van der Waals surface area contributed by atoms with Gasteiger partial charge in [0.1, 0.15) is 0 Å². The lowest BCUT2D eigenvalue weighted by Gasteiger charge is -2.20. The number of halogens is 3. The second-order valence-electron chi connectivity index (χ2n) is 4.67. The Morgan fingerprint density at radius 1 is 1.05 bits per heavy atom. The molecule has 0 saturated carbocycles. The van der Waals surface area contributed by atoms with E-state index in [1.165, 1.54) is 0 Å². The molecule has 0 heterocycles. The molecule has 4 heteroatoms. The van der Waals surface area contributed by atoms with Crippen molar-refractivity contribution in [1.82, 2.24) is 5.32 Å². The highest BCUT2D eigenvalue weighted by Crippen LogP contribution is 2.30. The van der Waals surface area contributed by atoms with Crippen molar-refractivity contribution < 1.29 is 0 Å². The Kier molecular flexibility index (Phi) is 5.50. The van der Waals surface area contributed by atoms with Gasteiger partial charge in [-0.1, -0.05) is 48.3 Å². The molecule has 2 aromatic rings. The number of aryl methyl sites for hydroxylation is 1. The summed E-state index contributed by atoms with van der Waals surface area (Å²) >= 11 is 15.8. The lowest BCUT2D eigenvalue weighted by molar-refractivity contribution is 0.630. The van der Waals surface area contributed by atoms with E-state index in [0.29, 0.717) is 5.02 Å². The first kappa shape index (κ1) is 15.8. The minimum absolute atomic E-state index is 0.103. The second kappa shape index (κ2) is 6.95. The third-order valence-corrected chi connectivity index (χ3v) is 4.84. The van der Waals surface area contributed by atoms with Gasteiger partial charge < -0.3 is 5.32 Å². The minimum atomic E-state index is 0.103. The smallest absolute Gasteiger partial charge is 0.0577 e. The Labute approximate surface area is 138 Å². The van der Waals surface area contributed by atoms with Crippen LogP contribution in [0.5, 0.6) is 0 Å². The van der Waals surface area contributed by atoms with Gasteiger partial charge in [0.25, 0.3) is 0 Å². The Bertz CT molecular complexity index is 562. The minimum Gasteiger partial charge on any atom is -0.307 e. The molecule has 0 spiro atoms. The maximum absolute atomic E-state index is 6.24. The van der Waals surface area contributed by atoms with Crippen LogP contribution in [-0.4, -0.2) is 6.54 Å². The third-order valence-electron chi connectivity index (χ3n) is 3.21. The van der Waals surface area contributed by atoms with Gasteiger partial charge in [-0.05, 0) is 64.3 Å². The summed E-state index contributed by atoms with van der Waals surface area (Å²) in [6.07, 6.45) is 0. The maximum atomic E-state index is 6.24. The monoisotopic (exact) mass is 371 g/mol. The van der Waals surface area contributed by atoms with E-state index >= 15 is 0 Å². The van der Waals surface area contributed by atoms with Crippen LogP contribution in [-0.2, 0) is 0 Å². The molecule has 1 atom stereocenters. The first-order valence-electron chi connectivity index (χ1n) is 6.47. The molecule has 0 saturated heterocycles. The predicted molar refractivity (Wildman–Crippen MR) is 90.9 cm³/mol. The van der Waals surface area contributed by atoms with Crippen molar-refractivity contribution in [2.24, 2.45) is 0 Å². The molecule has 0 amide bonds. The van der Waals surface area contributed by atoms with Gasteiger partial charge in [0, 0.05) is 9.50 Å². The van der Waals surface area contributed by atoms with Gasteiger partial charge in [-0.25, -0.2) is 0 Å². The summed E-state index contributed by atoms with van der Waals surface area (Å²) in [5.74, 6) is 0. The highest BCUT2D eigenvalue weighted by molar-refractivity contribution is 9.10. The van der Waals surface area contributed by atoms with Crippen LogP contribution in [0.1, 0.15) is 29.7 Å². The van der Waals surface area contributed by atoms with Crippen molar-refractivity contribution in [2.75, 3.05) is 6.54 Å². The van der Waals surface area contributed by atoms with Crippen LogP contribution in [0.4, 0.5) is 0 Å². The normalized spacial score (nSPS) is 12.4. The number of hydrogen-bond acceptors (Lipinski definition) is 1. The lowest BCUT2D eigenvalue weighted by atomic mass is 9.98. The average molecular weight is 373 g/mol. The van der Waals surface area contributed by atoms with E-state index in [0.717, 1.165) is 32.7 Å². The quantitative estimate of drug-likeness (QED) is 0.718. The molecular formula is C16H16BrCl2N. The third kappa shape index (κ3) is 3.56. The Balaban J connectivity index is 2.44. The molecule has 0 aromatic heterocycles. The lowest BCUT2D eigenvalue weighted by Crippen LogP contribution is -2.22. The van der Waals surface area contributed by atoms with Crippen molar-refractivity contribution in [1.29, 1.82) is 0 Å². The van der Waals surface area contributed by atoms with Crippen LogP contribution < -0.4 is 5.32 Å². The molecule has 106 valence electrons. The van der Waals surface area contributed by atoms with Crippen LogP contribution in [0.2, 0.25) is 10.0 Å². The van der Waals surface area contributed by atoms with E-state index < -0.39 is 0 Å². The van der Waals surface area contributed by atoms with Gasteiger partial charge >= 0.3 is 0 Å². The van der Waals surface area contributed by atoms with E-state index in [9.17, 15) is 0 Å². The van der Waals surface area contributed by atoms with Gasteiger partial charge in [0.05, 0.1) is 11.1 Å². The molecule has 0 bridgehead atoms. The van der Waals surface area contributed by atoms with Gasteiger partial charge in [0.15, 0.2) is 0 Å². The topological polar surface area (TPSA) is 12.0 Å². The summed E-state index contributed by atoms with van der Waals surface area (Å²) in [5.41, 5.74) is 3.39. The molecule has 2 aromatic carbocycles. The Hall–Kier alpha value is -0.540. The molecule has 20 heavy (non-hydrogen) atoms. The van der Waals surface area contributed by atoms with E-state index in [1.807, 2.05) is 37.3 Å². The number of nitrogens with one attached hydrogen (secondary N) is 1. The molecule has 0 radical (unpaired) electrons. The SMILES string of the molecule is CCNC(c1ccc(C)c(Cl)c1)c1ccc(Cl)c(Br)c1. The van der Waals surface area contributed by atoms with Gasteiger partial charge in [-0.2, -0.15) is 0 Å². The highest BCUT2D eigenvalue weighted by atomic mass is 79.9. The molecule has 0 fully saturated rings. The first-order chi connectivity index (χ1) is 9.52. The fourth-order valence-electron chi connectivity index (χ4n) is 2.11. The van der Waals surface area contributed by atoms with Crippen LogP contribution >= 0.6 is 39.1 Å². The Morgan fingerprint density at radius 2 is 1.70 bits per heavy atom. The second-order valence-corrected chi connectivity index (χ2v) is 6.34. The van der Waals surface area contributed by atoms with Gasteiger partial charge in [-0.15, -0.1) is 0 Å².